The number of rotatable bonds is 7. The smallest absolute Gasteiger partial charge is 0.220 e. The minimum Gasteiger partial charge on any atom is -0.355 e. The largest absolute Gasteiger partial charge is 0.355 e. The number of nitrogens with one attached hydrogen (secondary N) is 2. The highest BCUT2D eigenvalue weighted by Gasteiger charge is 2.08. The number of benzene rings is 1. The van der Waals surface area contributed by atoms with Crippen LogP contribution in [0.2, 0.25) is 5.02 Å². The molecule has 0 aliphatic rings. The van der Waals surface area contributed by atoms with Gasteiger partial charge in [-0.15, -0.1) is 0 Å². The summed E-state index contributed by atoms with van der Waals surface area (Å²) in [6, 6.07) is 6.56. The molecule has 0 spiro atoms. The summed E-state index contributed by atoms with van der Waals surface area (Å²) in [6.45, 7) is 2.15. The zero-order valence-corrected chi connectivity index (χ0v) is 12.0. The summed E-state index contributed by atoms with van der Waals surface area (Å²) < 4.78 is 0. The van der Waals surface area contributed by atoms with Crippen molar-refractivity contribution in [2.45, 2.75) is 19.8 Å². The van der Waals surface area contributed by atoms with Crippen molar-refractivity contribution < 1.29 is 14.4 Å². The Morgan fingerprint density at radius 2 is 1.60 bits per heavy atom. The van der Waals surface area contributed by atoms with Crippen molar-refractivity contribution in [3.8, 4) is 0 Å². The van der Waals surface area contributed by atoms with E-state index in [4.69, 9.17) is 11.6 Å². The molecule has 20 heavy (non-hydrogen) atoms. The van der Waals surface area contributed by atoms with E-state index >= 15 is 0 Å². The first-order valence-electron chi connectivity index (χ1n) is 6.29. The normalized spacial score (nSPS) is 9.90. The van der Waals surface area contributed by atoms with Gasteiger partial charge in [0.05, 0.1) is 0 Å². The second-order valence-electron chi connectivity index (χ2n) is 4.26. The van der Waals surface area contributed by atoms with Crippen LogP contribution in [0.1, 0.15) is 30.1 Å². The Kier molecular flexibility index (Phi) is 6.73. The molecule has 0 aliphatic carbocycles. The summed E-state index contributed by atoms with van der Waals surface area (Å²) >= 11 is 5.73. The minimum atomic E-state index is -0.210. The highest BCUT2D eigenvalue weighted by atomic mass is 35.5. The van der Waals surface area contributed by atoms with E-state index in [2.05, 4.69) is 10.6 Å². The molecule has 1 aromatic carbocycles. The van der Waals surface area contributed by atoms with Crippen LogP contribution in [0.5, 0.6) is 0 Å². The minimum absolute atomic E-state index is 0.0984. The highest BCUT2D eigenvalue weighted by Crippen LogP contribution is 2.11. The SMILES string of the molecule is CC(=O)NCCNC(=O)CCC(=O)c1ccc(Cl)cc1. The maximum atomic E-state index is 11.8. The summed E-state index contributed by atoms with van der Waals surface area (Å²) in [7, 11) is 0. The van der Waals surface area contributed by atoms with Crippen LogP contribution in [0.3, 0.4) is 0 Å². The number of carbonyl (C=O) groups excluding carboxylic acids is 3. The molecule has 0 bridgehead atoms. The Morgan fingerprint density at radius 3 is 2.20 bits per heavy atom. The molecule has 0 aliphatic heterocycles. The molecule has 0 unspecified atom stereocenters. The fourth-order valence-corrected chi connectivity index (χ4v) is 1.66. The van der Waals surface area contributed by atoms with Gasteiger partial charge in [0, 0.05) is 43.4 Å². The molecule has 2 N–H and O–H groups in total. The van der Waals surface area contributed by atoms with Gasteiger partial charge in [-0.05, 0) is 24.3 Å². The van der Waals surface area contributed by atoms with Gasteiger partial charge in [0.15, 0.2) is 5.78 Å². The van der Waals surface area contributed by atoms with Gasteiger partial charge in [-0.1, -0.05) is 11.6 Å². The molecule has 0 radical (unpaired) electrons. The van der Waals surface area contributed by atoms with Crippen LogP contribution in [-0.4, -0.2) is 30.7 Å². The Hall–Kier alpha value is -1.88. The topological polar surface area (TPSA) is 75.3 Å². The summed E-state index contributed by atoms with van der Waals surface area (Å²) in [5.41, 5.74) is 0.542. The van der Waals surface area contributed by atoms with Gasteiger partial charge in [-0.25, -0.2) is 0 Å². The third-order valence-corrected chi connectivity index (χ3v) is 2.82. The third kappa shape index (κ3) is 6.33. The summed E-state index contributed by atoms with van der Waals surface area (Å²) in [5.74, 6) is -0.450. The van der Waals surface area contributed by atoms with E-state index in [0.717, 1.165) is 0 Å². The predicted octanol–water partition coefficient (Wildman–Crippen LogP) is 1.56. The fraction of sp³-hybridized carbons (Fsp3) is 0.357. The van der Waals surface area contributed by atoms with Crippen molar-refractivity contribution in [2.75, 3.05) is 13.1 Å². The van der Waals surface area contributed by atoms with E-state index in [1.165, 1.54) is 6.92 Å². The van der Waals surface area contributed by atoms with E-state index in [9.17, 15) is 14.4 Å². The number of carbonyl (C=O) groups is 3. The maximum Gasteiger partial charge on any atom is 0.220 e. The first-order chi connectivity index (χ1) is 9.49. The molecule has 0 fully saturated rings. The fourth-order valence-electron chi connectivity index (χ4n) is 1.54. The quantitative estimate of drug-likeness (QED) is 0.592. The van der Waals surface area contributed by atoms with Crippen molar-refractivity contribution >= 4 is 29.2 Å². The molecule has 5 nitrogen and oxygen atoms in total. The molecule has 0 aromatic heterocycles. The molecule has 0 atom stereocenters. The van der Waals surface area contributed by atoms with Crippen LogP contribution in [-0.2, 0) is 9.59 Å². The van der Waals surface area contributed by atoms with E-state index in [-0.39, 0.29) is 30.4 Å². The molecule has 1 aromatic rings. The first kappa shape index (κ1) is 16.2. The lowest BCUT2D eigenvalue weighted by molar-refractivity contribution is -0.122. The van der Waals surface area contributed by atoms with Crippen LogP contribution in [0, 0.1) is 0 Å². The number of ketones is 1. The van der Waals surface area contributed by atoms with Gasteiger partial charge in [0.1, 0.15) is 0 Å². The number of Topliss-reactive ketones (excluding diaryl/α,β-unsaturated/α-hetero) is 1. The molecule has 2 amide bonds. The van der Waals surface area contributed by atoms with Gasteiger partial charge >= 0.3 is 0 Å². The molecular weight excluding hydrogens is 280 g/mol. The molecule has 6 heteroatoms. The van der Waals surface area contributed by atoms with Gasteiger partial charge in [-0.2, -0.15) is 0 Å². The van der Waals surface area contributed by atoms with Crippen LogP contribution in [0.25, 0.3) is 0 Å². The Balaban J connectivity index is 2.25. The maximum absolute atomic E-state index is 11.8. The average molecular weight is 297 g/mol. The molecule has 108 valence electrons. The second-order valence-corrected chi connectivity index (χ2v) is 4.70. The number of amides is 2. The second kappa shape index (κ2) is 8.32. The number of hydrogen-bond donors (Lipinski definition) is 2. The number of hydrogen-bond acceptors (Lipinski definition) is 3. The van der Waals surface area contributed by atoms with Crippen LogP contribution in [0.4, 0.5) is 0 Å². The Labute approximate surface area is 122 Å². The van der Waals surface area contributed by atoms with Crippen molar-refractivity contribution in [3.05, 3.63) is 34.9 Å². The van der Waals surface area contributed by atoms with E-state index in [0.29, 0.717) is 23.7 Å². The third-order valence-electron chi connectivity index (χ3n) is 2.57. The molecule has 1 rings (SSSR count). The summed E-state index contributed by atoms with van der Waals surface area (Å²) in [5, 5.41) is 5.76. The lowest BCUT2D eigenvalue weighted by Crippen LogP contribution is -2.33. The molecule has 0 saturated heterocycles. The Morgan fingerprint density at radius 1 is 1.00 bits per heavy atom. The standard InChI is InChI=1S/C14H17ClN2O3/c1-10(18)16-8-9-17-14(20)7-6-13(19)11-2-4-12(15)5-3-11/h2-5H,6-9H2,1H3,(H,16,18)(H,17,20). The van der Waals surface area contributed by atoms with Crippen LogP contribution >= 0.6 is 11.6 Å². The van der Waals surface area contributed by atoms with Crippen LogP contribution in [0.15, 0.2) is 24.3 Å². The molecular formula is C14H17ClN2O3. The zero-order valence-electron chi connectivity index (χ0n) is 11.2. The van der Waals surface area contributed by atoms with Gasteiger partial charge in [0.25, 0.3) is 0 Å². The summed E-state index contributed by atoms with van der Waals surface area (Å²) in [6.07, 6.45) is 0.273. The average Bonchev–Trinajstić information content (AvgIpc) is 2.41. The summed E-state index contributed by atoms with van der Waals surface area (Å²) in [4.78, 5) is 33.9. The zero-order chi connectivity index (χ0) is 15.0. The van der Waals surface area contributed by atoms with Crippen molar-refractivity contribution in [2.24, 2.45) is 0 Å². The highest BCUT2D eigenvalue weighted by molar-refractivity contribution is 6.30. The van der Waals surface area contributed by atoms with Crippen molar-refractivity contribution in [1.82, 2.24) is 10.6 Å². The van der Waals surface area contributed by atoms with Gasteiger partial charge in [0.2, 0.25) is 11.8 Å². The number of halogens is 1. The molecule has 0 heterocycles. The monoisotopic (exact) mass is 296 g/mol. The van der Waals surface area contributed by atoms with E-state index < -0.39 is 0 Å². The lowest BCUT2D eigenvalue weighted by Gasteiger charge is -2.05. The predicted molar refractivity (Wildman–Crippen MR) is 76.7 cm³/mol. The van der Waals surface area contributed by atoms with Crippen LogP contribution < -0.4 is 10.6 Å². The van der Waals surface area contributed by atoms with Gasteiger partial charge < -0.3 is 10.6 Å². The van der Waals surface area contributed by atoms with Gasteiger partial charge in [-0.3, -0.25) is 14.4 Å². The first-order valence-corrected chi connectivity index (χ1v) is 6.66. The van der Waals surface area contributed by atoms with Crippen molar-refractivity contribution in [1.29, 1.82) is 0 Å². The van der Waals surface area contributed by atoms with E-state index in [1.807, 2.05) is 0 Å². The van der Waals surface area contributed by atoms with E-state index in [1.54, 1.807) is 24.3 Å². The lowest BCUT2D eigenvalue weighted by atomic mass is 10.1. The molecule has 0 saturated carbocycles. The Bertz CT molecular complexity index is 486. The van der Waals surface area contributed by atoms with Crippen molar-refractivity contribution in [3.63, 3.8) is 0 Å².